The molecule has 0 atom stereocenters. The highest BCUT2D eigenvalue weighted by atomic mass is 16.3. The summed E-state index contributed by atoms with van der Waals surface area (Å²) in [4.78, 5) is 29.2. The summed E-state index contributed by atoms with van der Waals surface area (Å²) in [6, 6.07) is 13.7. The largest absolute Gasteiger partial charge is 0.464 e. The number of hydrogen-bond acceptors (Lipinski definition) is 3. The molecule has 0 saturated carbocycles. The standard InChI is InChI=1S/C23H32N2O3/c1-17(2)13-25(23(27)18(3)4)16-22(26)24(14-20-9-7-6-8-10-20)15-21-12-11-19(5)28-21/h6-12,17-18H,13-16H2,1-5H3. The molecule has 0 aliphatic heterocycles. The first-order valence-corrected chi connectivity index (χ1v) is 9.92. The van der Waals surface area contributed by atoms with Gasteiger partial charge in [-0.05, 0) is 30.5 Å². The zero-order valence-electron chi connectivity index (χ0n) is 17.6. The van der Waals surface area contributed by atoms with Crippen molar-refractivity contribution in [3.05, 3.63) is 59.5 Å². The van der Waals surface area contributed by atoms with Gasteiger partial charge in [0.15, 0.2) is 0 Å². The number of furan rings is 1. The van der Waals surface area contributed by atoms with Crippen molar-refractivity contribution in [1.29, 1.82) is 0 Å². The maximum absolute atomic E-state index is 13.2. The molecule has 2 aromatic rings. The van der Waals surface area contributed by atoms with Gasteiger partial charge in [0, 0.05) is 19.0 Å². The first-order valence-electron chi connectivity index (χ1n) is 9.92. The summed E-state index contributed by atoms with van der Waals surface area (Å²) < 4.78 is 5.68. The Morgan fingerprint density at radius 2 is 1.61 bits per heavy atom. The van der Waals surface area contributed by atoms with Crippen LogP contribution in [0.3, 0.4) is 0 Å². The molecule has 28 heavy (non-hydrogen) atoms. The van der Waals surface area contributed by atoms with Crippen LogP contribution in [0.15, 0.2) is 46.9 Å². The minimum atomic E-state index is -0.137. The Labute approximate surface area is 168 Å². The lowest BCUT2D eigenvalue weighted by atomic mass is 10.1. The fraction of sp³-hybridized carbons (Fsp3) is 0.478. The first-order chi connectivity index (χ1) is 13.3. The third kappa shape index (κ3) is 6.55. The normalized spacial score (nSPS) is 11.1. The molecule has 0 radical (unpaired) electrons. The van der Waals surface area contributed by atoms with Crippen LogP contribution in [0.25, 0.3) is 0 Å². The number of amides is 2. The van der Waals surface area contributed by atoms with Gasteiger partial charge >= 0.3 is 0 Å². The summed E-state index contributed by atoms with van der Waals surface area (Å²) in [5.74, 6) is 1.65. The number of carbonyl (C=O) groups is 2. The van der Waals surface area contributed by atoms with Crippen molar-refractivity contribution in [3.63, 3.8) is 0 Å². The third-order valence-electron chi connectivity index (χ3n) is 4.43. The average molecular weight is 385 g/mol. The highest BCUT2D eigenvalue weighted by Crippen LogP contribution is 2.15. The van der Waals surface area contributed by atoms with Gasteiger partial charge in [0.1, 0.15) is 11.5 Å². The summed E-state index contributed by atoms with van der Waals surface area (Å²) in [5, 5.41) is 0. The Kier molecular flexibility index (Phi) is 7.85. The van der Waals surface area contributed by atoms with Crippen molar-refractivity contribution in [3.8, 4) is 0 Å². The topological polar surface area (TPSA) is 53.8 Å². The minimum Gasteiger partial charge on any atom is -0.464 e. The molecule has 5 heteroatoms. The Morgan fingerprint density at radius 3 is 2.14 bits per heavy atom. The molecule has 1 aromatic heterocycles. The van der Waals surface area contributed by atoms with E-state index in [1.165, 1.54) is 0 Å². The zero-order chi connectivity index (χ0) is 20.7. The summed E-state index contributed by atoms with van der Waals surface area (Å²) in [5.41, 5.74) is 1.05. The van der Waals surface area contributed by atoms with Crippen molar-refractivity contribution in [2.24, 2.45) is 11.8 Å². The van der Waals surface area contributed by atoms with Crippen LogP contribution in [0.1, 0.15) is 44.8 Å². The van der Waals surface area contributed by atoms with Crippen molar-refractivity contribution < 1.29 is 14.0 Å². The number of benzene rings is 1. The van der Waals surface area contributed by atoms with E-state index in [0.717, 1.165) is 17.1 Å². The zero-order valence-corrected chi connectivity index (χ0v) is 17.6. The van der Waals surface area contributed by atoms with Crippen molar-refractivity contribution in [2.45, 2.75) is 47.7 Å². The molecule has 5 nitrogen and oxygen atoms in total. The van der Waals surface area contributed by atoms with Crippen LogP contribution in [0, 0.1) is 18.8 Å². The Bertz CT molecular complexity index is 765. The lowest BCUT2D eigenvalue weighted by Crippen LogP contribution is -2.45. The van der Waals surface area contributed by atoms with E-state index in [0.29, 0.717) is 25.6 Å². The third-order valence-corrected chi connectivity index (χ3v) is 4.43. The smallest absolute Gasteiger partial charge is 0.242 e. The number of hydrogen-bond donors (Lipinski definition) is 0. The van der Waals surface area contributed by atoms with E-state index in [2.05, 4.69) is 13.8 Å². The van der Waals surface area contributed by atoms with Gasteiger partial charge in [-0.25, -0.2) is 0 Å². The summed E-state index contributed by atoms with van der Waals surface area (Å²) in [6.45, 7) is 11.2. The van der Waals surface area contributed by atoms with Gasteiger partial charge in [-0.1, -0.05) is 58.0 Å². The van der Waals surface area contributed by atoms with Gasteiger partial charge in [0.05, 0.1) is 13.1 Å². The number of carbonyl (C=O) groups excluding carboxylic acids is 2. The molecule has 0 aliphatic carbocycles. The Hall–Kier alpha value is -2.56. The van der Waals surface area contributed by atoms with Crippen LogP contribution in [-0.4, -0.2) is 34.7 Å². The highest BCUT2D eigenvalue weighted by molar-refractivity contribution is 5.85. The van der Waals surface area contributed by atoms with E-state index in [4.69, 9.17) is 4.42 Å². The van der Waals surface area contributed by atoms with Crippen molar-refractivity contribution >= 4 is 11.8 Å². The lowest BCUT2D eigenvalue weighted by molar-refractivity contribution is -0.143. The molecule has 0 unspecified atom stereocenters. The van der Waals surface area contributed by atoms with Gasteiger partial charge < -0.3 is 14.2 Å². The Morgan fingerprint density at radius 1 is 0.929 bits per heavy atom. The second-order valence-electron chi connectivity index (χ2n) is 8.02. The van der Waals surface area contributed by atoms with E-state index in [9.17, 15) is 9.59 Å². The molecule has 0 saturated heterocycles. The second kappa shape index (κ2) is 10.1. The summed E-state index contributed by atoms with van der Waals surface area (Å²) >= 11 is 0. The SMILES string of the molecule is Cc1ccc(CN(Cc2ccccc2)C(=O)CN(CC(C)C)C(=O)C(C)C)o1. The Balaban J connectivity index is 2.19. The molecular weight excluding hydrogens is 352 g/mol. The monoisotopic (exact) mass is 384 g/mol. The lowest BCUT2D eigenvalue weighted by Gasteiger charge is -2.29. The molecule has 0 aliphatic rings. The molecule has 1 heterocycles. The molecule has 0 fully saturated rings. The molecule has 0 spiro atoms. The average Bonchev–Trinajstić information content (AvgIpc) is 3.05. The van der Waals surface area contributed by atoms with Crippen molar-refractivity contribution in [1.82, 2.24) is 9.80 Å². The quantitative estimate of drug-likeness (QED) is 0.649. The van der Waals surface area contributed by atoms with Crippen molar-refractivity contribution in [2.75, 3.05) is 13.1 Å². The van der Waals surface area contributed by atoms with Crippen LogP contribution in [0.4, 0.5) is 0 Å². The second-order valence-corrected chi connectivity index (χ2v) is 8.02. The molecule has 2 amide bonds. The van der Waals surface area contributed by atoms with E-state index in [1.54, 1.807) is 9.80 Å². The molecule has 2 rings (SSSR count). The summed E-state index contributed by atoms with van der Waals surface area (Å²) in [7, 11) is 0. The van der Waals surface area contributed by atoms with E-state index in [1.807, 2.05) is 63.2 Å². The van der Waals surface area contributed by atoms with E-state index < -0.39 is 0 Å². The van der Waals surface area contributed by atoms with E-state index >= 15 is 0 Å². The predicted molar refractivity (Wildman–Crippen MR) is 110 cm³/mol. The fourth-order valence-electron chi connectivity index (χ4n) is 3.10. The van der Waals surface area contributed by atoms with Crippen LogP contribution < -0.4 is 0 Å². The van der Waals surface area contributed by atoms with Gasteiger partial charge in [0.2, 0.25) is 11.8 Å². The summed E-state index contributed by atoms with van der Waals surface area (Å²) in [6.07, 6.45) is 0. The number of nitrogens with zero attached hydrogens (tertiary/aromatic N) is 2. The van der Waals surface area contributed by atoms with Crippen LogP contribution in [0.5, 0.6) is 0 Å². The van der Waals surface area contributed by atoms with Gasteiger partial charge in [-0.2, -0.15) is 0 Å². The van der Waals surface area contributed by atoms with Gasteiger partial charge in [-0.15, -0.1) is 0 Å². The number of rotatable bonds is 9. The fourth-order valence-corrected chi connectivity index (χ4v) is 3.10. The van der Waals surface area contributed by atoms with Crippen LogP contribution >= 0.6 is 0 Å². The van der Waals surface area contributed by atoms with Gasteiger partial charge in [-0.3, -0.25) is 9.59 Å². The van der Waals surface area contributed by atoms with Crippen LogP contribution in [0.2, 0.25) is 0 Å². The molecule has 1 aromatic carbocycles. The first kappa shape index (κ1) is 21.7. The maximum atomic E-state index is 13.2. The number of aryl methyl sites for hydroxylation is 1. The van der Waals surface area contributed by atoms with E-state index in [-0.39, 0.29) is 24.3 Å². The van der Waals surface area contributed by atoms with Crippen LogP contribution in [-0.2, 0) is 22.7 Å². The van der Waals surface area contributed by atoms with Gasteiger partial charge in [0.25, 0.3) is 0 Å². The highest BCUT2D eigenvalue weighted by Gasteiger charge is 2.24. The molecule has 152 valence electrons. The molecule has 0 N–H and O–H groups in total. The minimum absolute atomic E-state index is 0.00977. The maximum Gasteiger partial charge on any atom is 0.242 e. The predicted octanol–water partition coefficient (Wildman–Crippen LogP) is 4.26. The molecule has 0 bridgehead atoms. The molecular formula is C23H32N2O3.